The lowest BCUT2D eigenvalue weighted by Gasteiger charge is -2.23. The van der Waals surface area contributed by atoms with E-state index in [4.69, 9.17) is 5.73 Å². The molecule has 1 amide bonds. The molecule has 0 saturated carbocycles. The monoisotopic (exact) mass is 364 g/mol. The van der Waals surface area contributed by atoms with Crippen LogP contribution in [0.2, 0.25) is 0 Å². The van der Waals surface area contributed by atoms with Gasteiger partial charge in [0.25, 0.3) is 0 Å². The van der Waals surface area contributed by atoms with E-state index < -0.39 is 0 Å². The molecule has 5 nitrogen and oxygen atoms in total. The van der Waals surface area contributed by atoms with Crippen molar-refractivity contribution in [3.05, 3.63) is 22.4 Å². The smallest absolute Gasteiger partial charge is 0.220 e. The molecule has 1 atom stereocenters. The zero-order chi connectivity index (χ0) is 16.9. The molecule has 0 bridgehead atoms. The number of nitrogens with two attached hydrogens (primary N) is 1. The van der Waals surface area contributed by atoms with Crippen LogP contribution in [0.15, 0.2) is 17.5 Å². The molecule has 3 heterocycles. The van der Waals surface area contributed by atoms with E-state index in [2.05, 4.69) is 22.1 Å². The number of thiazole rings is 1. The third-order valence-corrected chi connectivity index (χ3v) is 6.23. The minimum absolute atomic E-state index is 0.102. The van der Waals surface area contributed by atoms with Gasteiger partial charge in [0.1, 0.15) is 0 Å². The second-order valence-electron chi connectivity index (χ2n) is 6.20. The largest absolute Gasteiger partial charge is 0.375 e. The summed E-state index contributed by atoms with van der Waals surface area (Å²) in [6.07, 6.45) is 3.71. The molecule has 1 aliphatic rings. The summed E-state index contributed by atoms with van der Waals surface area (Å²) < 4.78 is 0. The van der Waals surface area contributed by atoms with Crippen molar-refractivity contribution in [1.29, 1.82) is 0 Å². The second kappa shape index (κ2) is 8.09. The SMILES string of the molecule is CC(CNC(=O)CCc1sc(N)nc1-c1cccs1)N1CCCC1. The fourth-order valence-electron chi connectivity index (χ4n) is 3.03. The summed E-state index contributed by atoms with van der Waals surface area (Å²) in [5.74, 6) is 0.102. The van der Waals surface area contributed by atoms with Gasteiger partial charge in [0.2, 0.25) is 5.91 Å². The molecule has 0 aromatic carbocycles. The number of nitrogen functional groups attached to an aromatic ring is 1. The lowest BCUT2D eigenvalue weighted by atomic mass is 10.2. The quantitative estimate of drug-likeness (QED) is 0.792. The van der Waals surface area contributed by atoms with E-state index in [1.807, 2.05) is 17.5 Å². The molecule has 130 valence electrons. The highest BCUT2D eigenvalue weighted by molar-refractivity contribution is 7.17. The van der Waals surface area contributed by atoms with Crippen LogP contribution in [0, 0.1) is 0 Å². The Balaban J connectivity index is 1.49. The maximum Gasteiger partial charge on any atom is 0.220 e. The van der Waals surface area contributed by atoms with Crippen LogP contribution in [-0.4, -0.2) is 41.5 Å². The van der Waals surface area contributed by atoms with Gasteiger partial charge in [0, 0.05) is 23.9 Å². The molecule has 2 aromatic heterocycles. The van der Waals surface area contributed by atoms with E-state index in [0.717, 1.165) is 35.1 Å². The molecule has 3 N–H and O–H groups in total. The first-order valence-corrected chi connectivity index (χ1v) is 10.1. The predicted molar refractivity (Wildman–Crippen MR) is 101 cm³/mol. The Bertz CT molecular complexity index is 662. The number of aromatic nitrogens is 1. The summed E-state index contributed by atoms with van der Waals surface area (Å²) in [4.78, 5) is 21.2. The normalized spacial score (nSPS) is 16.4. The molecule has 1 fully saturated rings. The van der Waals surface area contributed by atoms with Gasteiger partial charge >= 0.3 is 0 Å². The highest BCUT2D eigenvalue weighted by Gasteiger charge is 2.19. The molecule has 2 aromatic rings. The highest BCUT2D eigenvalue weighted by Crippen LogP contribution is 2.33. The summed E-state index contributed by atoms with van der Waals surface area (Å²) in [5.41, 5.74) is 6.80. The minimum atomic E-state index is 0.102. The van der Waals surface area contributed by atoms with Crippen molar-refractivity contribution in [3.63, 3.8) is 0 Å². The molecule has 3 rings (SSSR count). The first-order chi connectivity index (χ1) is 11.6. The highest BCUT2D eigenvalue weighted by atomic mass is 32.1. The molecule has 0 spiro atoms. The van der Waals surface area contributed by atoms with E-state index in [9.17, 15) is 4.79 Å². The molecule has 24 heavy (non-hydrogen) atoms. The maximum atomic E-state index is 12.2. The number of rotatable bonds is 7. The Morgan fingerprint density at radius 1 is 1.46 bits per heavy atom. The van der Waals surface area contributed by atoms with Crippen molar-refractivity contribution in [2.75, 3.05) is 25.4 Å². The fraction of sp³-hybridized carbons (Fsp3) is 0.529. The molecule has 1 saturated heterocycles. The number of thiophene rings is 1. The molecule has 0 radical (unpaired) electrons. The van der Waals surface area contributed by atoms with Gasteiger partial charge in [0.05, 0.1) is 10.6 Å². The van der Waals surface area contributed by atoms with Crippen LogP contribution in [0.1, 0.15) is 31.1 Å². The van der Waals surface area contributed by atoms with Crippen molar-refractivity contribution < 1.29 is 4.79 Å². The minimum Gasteiger partial charge on any atom is -0.375 e. The Morgan fingerprint density at radius 3 is 2.96 bits per heavy atom. The first-order valence-electron chi connectivity index (χ1n) is 8.43. The number of likely N-dealkylation sites (tertiary alicyclic amines) is 1. The summed E-state index contributed by atoms with van der Waals surface area (Å²) in [5, 5.41) is 5.66. The van der Waals surface area contributed by atoms with E-state index in [0.29, 0.717) is 24.0 Å². The van der Waals surface area contributed by atoms with Gasteiger partial charge in [-0.2, -0.15) is 0 Å². The Kier molecular flexibility index (Phi) is 5.86. The number of hydrogen-bond donors (Lipinski definition) is 2. The van der Waals surface area contributed by atoms with Gasteiger partial charge in [-0.3, -0.25) is 9.69 Å². The molecule has 1 aliphatic heterocycles. The number of carbonyl (C=O) groups excluding carboxylic acids is 1. The summed E-state index contributed by atoms with van der Waals surface area (Å²) in [7, 11) is 0. The number of amides is 1. The Morgan fingerprint density at radius 2 is 2.25 bits per heavy atom. The molecular formula is C17H24N4OS2. The van der Waals surface area contributed by atoms with Crippen LogP contribution in [-0.2, 0) is 11.2 Å². The van der Waals surface area contributed by atoms with E-state index in [1.54, 1.807) is 11.3 Å². The van der Waals surface area contributed by atoms with Gasteiger partial charge in [-0.25, -0.2) is 4.98 Å². The number of anilines is 1. The topological polar surface area (TPSA) is 71.2 Å². The Hall–Kier alpha value is -1.44. The van der Waals surface area contributed by atoms with Gasteiger partial charge < -0.3 is 11.1 Å². The van der Waals surface area contributed by atoms with Crippen LogP contribution < -0.4 is 11.1 Å². The third kappa shape index (κ3) is 4.34. The number of carbonyl (C=O) groups is 1. The van der Waals surface area contributed by atoms with Crippen LogP contribution >= 0.6 is 22.7 Å². The molecule has 7 heteroatoms. The second-order valence-corrected chi connectivity index (χ2v) is 8.26. The first kappa shape index (κ1) is 17.4. The average Bonchev–Trinajstić information content (AvgIpc) is 3.30. The van der Waals surface area contributed by atoms with E-state index >= 15 is 0 Å². The zero-order valence-electron chi connectivity index (χ0n) is 14.0. The number of nitrogens with zero attached hydrogens (tertiary/aromatic N) is 2. The zero-order valence-corrected chi connectivity index (χ0v) is 15.6. The van der Waals surface area contributed by atoms with Crippen molar-refractivity contribution in [2.45, 2.75) is 38.6 Å². The van der Waals surface area contributed by atoms with Gasteiger partial charge in [0.15, 0.2) is 5.13 Å². The molecule has 0 aliphatic carbocycles. The van der Waals surface area contributed by atoms with E-state index in [-0.39, 0.29) is 5.91 Å². The Labute approximate surface area is 150 Å². The van der Waals surface area contributed by atoms with Crippen LogP contribution in [0.5, 0.6) is 0 Å². The maximum absolute atomic E-state index is 12.2. The van der Waals surface area contributed by atoms with E-state index in [1.165, 1.54) is 24.2 Å². The van der Waals surface area contributed by atoms with Crippen LogP contribution in [0.3, 0.4) is 0 Å². The summed E-state index contributed by atoms with van der Waals surface area (Å²) in [6.45, 7) is 5.22. The van der Waals surface area contributed by atoms with Gasteiger partial charge in [-0.15, -0.1) is 22.7 Å². The molecular weight excluding hydrogens is 340 g/mol. The lowest BCUT2D eigenvalue weighted by Crippen LogP contribution is -2.40. The average molecular weight is 365 g/mol. The van der Waals surface area contributed by atoms with Gasteiger partial charge in [-0.05, 0) is 50.7 Å². The van der Waals surface area contributed by atoms with Crippen molar-refractivity contribution in [3.8, 4) is 10.6 Å². The van der Waals surface area contributed by atoms with Crippen molar-refractivity contribution >= 4 is 33.7 Å². The third-order valence-electron chi connectivity index (χ3n) is 4.41. The summed E-state index contributed by atoms with van der Waals surface area (Å²) in [6, 6.07) is 4.46. The van der Waals surface area contributed by atoms with Gasteiger partial charge in [-0.1, -0.05) is 6.07 Å². The van der Waals surface area contributed by atoms with Crippen LogP contribution in [0.25, 0.3) is 10.6 Å². The predicted octanol–water partition coefficient (Wildman–Crippen LogP) is 2.99. The van der Waals surface area contributed by atoms with Crippen molar-refractivity contribution in [1.82, 2.24) is 15.2 Å². The number of hydrogen-bond acceptors (Lipinski definition) is 6. The molecule has 1 unspecified atom stereocenters. The van der Waals surface area contributed by atoms with Crippen LogP contribution in [0.4, 0.5) is 5.13 Å². The standard InChI is InChI=1S/C17H24N4OS2/c1-12(21-8-2-3-9-21)11-19-15(22)7-6-14-16(20-17(18)24-14)13-5-4-10-23-13/h4-5,10,12H,2-3,6-9,11H2,1H3,(H2,18,20)(H,19,22). The lowest BCUT2D eigenvalue weighted by molar-refractivity contribution is -0.121. The number of aryl methyl sites for hydroxylation is 1. The fourth-order valence-corrected chi connectivity index (χ4v) is 4.69. The summed E-state index contributed by atoms with van der Waals surface area (Å²) >= 11 is 3.13. The number of nitrogens with one attached hydrogen (secondary N) is 1. The van der Waals surface area contributed by atoms with Crippen molar-refractivity contribution in [2.24, 2.45) is 0 Å².